The van der Waals surface area contributed by atoms with Gasteiger partial charge in [-0.2, -0.15) is 0 Å². The van der Waals surface area contributed by atoms with Gasteiger partial charge < -0.3 is 13.9 Å². The summed E-state index contributed by atoms with van der Waals surface area (Å²) in [4.78, 5) is 16.2. The molecule has 128 valence electrons. The number of carbonyl (C=O) groups excluding carboxylic acids is 1. The molecule has 3 aromatic rings. The zero-order chi connectivity index (χ0) is 17.6. The minimum absolute atomic E-state index is 0.0277. The third kappa shape index (κ3) is 4.61. The first-order chi connectivity index (χ1) is 12.1. The van der Waals surface area contributed by atoms with Crippen molar-refractivity contribution in [2.24, 2.45) is 0 Å². The van der Waals surface area contributed by atoms with E-state index in [0.29, 0.717) is 28.1 Å². The molecule has 25 heavy (non-hydrogen) atoms. The molecule has 0 atom stereocenters. The van der Waals surface area contributed by atoms with Crippen molar-refractivity contribution in [1.29, 1.82) is 0 Å². The molecule has 0 spiro atoms. The summed E-state index contributed by atoms with van der Waals surface area (Å²) in [6.45, 7) is 1.60. The van der Waals surface area contributed by atoms with Crippen molar-refractivity contribution in [1.82, 2.24) is 4.98 Å². The Kier molecular flexibility index (Phi) is 5.36. The molecule has 0 amide bonds. The molecule has 5 nitrogen and oxygen atoms in total. The van der Waals surface area contributed by atoms with Crippen LogP contribution in [0.15, 0.2) is 59.0 Å². The van der Waals surface area contributed by atoms with Gasteiger partial charge in [-0.05, 0) is 37.3 Å². The van der Waals surface area contributed by atoms with Gasteiger partial charge in [0.25, 0.3) is 0 Å². The van der Waals surface area contributed by atoms with E-state index in [1.165, 1.54) is 0 Å². The van der Waals surface area contributed by atoms with E-state index in [9.17, 15) is 4.79 Å². The van der Waals surface area contributed by atoms with E-state index in [4.69, 9.17) is 25.5 Å². The van der Waals surface area contributed by atoms with Crippen LogP contribution in [0.1, 0.15) is 11.5 Å². The van der Waals surface area contributed by atoms with Crippen molar-refractivity contribution in [3.8, 4) is 17.2 Å². The largest absolute Gasteiger partial charge is 0.482 e. The average Bonchev–Trinajstić information content (AvgIpc) is 3.00. The Hall–Kier alpha value is -2.79. The number of hydrogen-bond donors (Lipinski definition) is 0. The number of rotatable bonds is 6. The second-order valence-electron chi connectivity index (χ2n) is 5.29. The quantitative estimate of drug-likeness (QED) is 0.611. The van der Waals surface area contributed by atoms with Crippen LogP contribution in [0.5, 0.6) is 5.75 Å². The maximum absolute atomic E-state index is 11.8. The molecule has 0 aliphatic carbocycles. The summed E-state index contributed by atoms with van der Waals surface area (Å²) in [6, 6.07) is 16.3. The number of ether oxygens (including phenoxy) is 2. The second-order valence-corrected chi connectivity index (χ2v) is 5.73. The highest BCUT2D eigenvalue weighted by Crippen LogP contribution is 2.22. The summed E-state index contributed by atoms with van der Waals surface area (Å²) in [5, 5.41) is 0.539. The Labute approximate surface area is 150 Å². The summed E-state index contributed by atoms with van der Waals surface area (Å²) in [6.07, 6.45) is 0. The molecular formula is C19H16ClNO4. The lowest BCUT2D eigenvalue weighted by atomic mass is 10.2. The van der Waals surface area contributed by atoms with Crippen LogP contribution in [0, 0.1) is 6.92 Å². The Morgan fingerprint density at radius 3 is 2.72 bits per heavy atom. The van der Waals surface area contributed by atoms with E-state index in [1.807, 2.05) is 30.3 Å². The highest BCUT2D eigenvalue weighted by Gasteiger charge is 2.13. The Bertz CT molecular complexity index is 861. The van der Waals surface area contributed by atoms with E-state index in [0.717, 1.165) is 5.56 Å². The van der Waals surface area contributed by atoms with Crippen LogP contribution < -0.4 is 4.74 Å². The van der Waals surface area contributed by atoms with Crippen molar-refractivity contribution in [2.75, 3.05) is 6.61 Å². The van der Waals surface area contributed by atoms with Gasteiger partial charge in [-0.25, -0.2) is 9.78 Å². The Balaban J connectivity index is 1.55. The summed E-state index contributed by atoms with van der Waals surface area (Å²) < 4.78 is 16.2. The molecule has 1 heterocycles. The lowest BCUT2D eigenvalue weighted by Gasteiger charge is -2.06. The summed E-state index contributed by atoms with van der Waals surface area (Å²) in [5.41, 5.74) is 1.45. The van der Waals surface area contributed by atoms with Crippen molar-refractivity contribution in [2.45, 2.75) is 13.5 Å². The van der Waals surface area contributed by atoms with Crippen LogP contribution in [0.3, 0.4) is 0 Å². The number of carbonyl (C=O) groups is 1. The molecule has 0 N–H and O–H groups in total. The summed E-state index contributed by atoms with van der Waals surface area (Å²) >= 11 is 5.86. The predicted molar refractivity (Wildman–Crippen MR) is 93.4 cm³/mol. The van der Waals surface area contributed by atoms with Crippen molar-refractivity contribution in [3.05, 3.63) is 71.1 Å². The lowest BCUT2D eigenvalue weighted by molar-refractivity contribution is -0.147. The fourth-order valence-electron chi connectivity index (χ4n) is 2.16. The van der Waals surface area contributed by atoms with Crippen molar-refractivity contribution in [3.63, 3.8) is 0 Å². The van der Waals surface area contributed by atoms with Gasteiger partial charge in [0.15, 0.2) is 6.61 Å². The van der Waals surface area contributed by atoms with Gasteiger partial charge in [-0.1, -0.05) is 35.9 Å². The summed E-state index contributed by atoms with van der Waals surface area (Å²) in [5.74, 6) is 1.12. The first-order valence-electron chi connectivity index (χ1n) is 7.67. The predicted octanol–water partition coefficient (Wildman–Crippen LogP) is 4.43. The van der Waals surface area contributed by atoms with Gasteiger partial charge >= 0.3 is 5.97 Å². The second kappa shape index (κ2) is 7.85. The maximum atomic E-state index is 11.8. The summed E-state index contributed by atoms with van der Waals surface area (Å²) in [7, 11) is 0. The highest BCUT2D eigenvalue weighted by molar-refractivity contribution is 6.30. The molecule has 0 aliphatic heterocycles. The van der Waals surface area contributed by atoms with Crippen molar-refractivity contribution >= 4 is 17.6 Å². The van der Waals surface area contributed by atoms with E-state index >= 15 is 0 Å². The maximum Gasteiger partial charge on any atom is 0.344 e. The van der Waals surface area contributed by atoms with Crippen LogP contribution >= 0.6 is 11.6 Å². The van der Waals surface area contributed by atoms with Gasteiger partial charge in [0, 0.05) is 10.6 Å². The van der Waals surface area contributed by atoms with E-state index in [2.05, 4.69) is 4.98 Å². The molecule has 0 fully saturated rings. The van der Waals surface area contributed by atoms with Gasteiger partial charge in [0.2, 0.25) is 5.89 Å². The van der Waals surface area contributed by atoms with E-state index < -0.39 is 5.97 Å². The smallest absolute Gasteiger partial charge is 0.344 e. The van der Waals surface area contributed by atoms with Gasteiger partial charge in [-0.3, -0.25) is 0 Å². The van der Waals surface area contributed by atoms with E-state index in [-0.39, 0.29) is 13.2 Å². The van der Waals surface area contributed by atoms with Crippen LogP contribution in [-0.4, -0.2) is 17.6 Å². The molecule has 0 bridgehead atoms. The zero-order valence-corrected chi connectivity index (χ0v) is 14.3. The minimum atomic E-state index is -0.497. The van der Waals surface area contributed by atoms with Gasteiger partial charge in [0.05, 0.1) is 0 Å². The van der Waals surface area contributed by atoms with Crippen LogP contribution in [-0.2, 0) is 16.1 Å². The standard InChI is InChI=1S/C19H16ClNO4/c1-13-17(21-19(25-13)14-6-3-2-4-7-14)11-24-18(22)12-23-16-9-5-8-15(20)10-16/h2-10H,11-12H2,1H3. The topological polar surface area (TPSA) is 61.6 Å². The Morgan fingerprint density at radius 1 is 1.16 bits per heavy atom. The fraction of sp³-hybridized carbons (Fsp3) is 0.158. The normalized spacial score (nSPS) is 10.5. The molecular weight excluding hydrogens is 342 g/mol. The first kappa shape index (κ1) is 17.0. The number of hydrogen-bond acceptors (Lipinski definition) is 5. The monoisotopic (exact) mass is 357 g/mol. The zero-order valence-electron chi connectivity index (χ0n) is 13.6. The number of nitrogens with zero attached hydrogens (tertiary/aromatic N) is 1. The fourth-order valence-corrected chi connectivity index (χ4v) is 2.34. The number of esters is 1. The lowest BCUT2D eigenvalue weighted by Crippen LogP contribution is -2.15. The molecule has 3 rings (SSSR count). The number of halogens is 1. The van der Waals surface area contributed by atoms with Crippen LogP contribution in [0.25, 0.3) is 11.5 Å². The third-order valence-corrected chi connectivity index (χ3v) is 3.67. The molecule has 1 aromatic heterocycles. The molecule has 0 saturated carbocycles. The highest BCUT2D eigenvalue weighted by atomic mass is 35.5. The van der Waals surface area contributed by atoms with Gasteiger partial charge in [0.1, 0.15) is 23.8 Å². The van der Waals surface area contributed by atoms with Crippen LogP contribution in [0.2, 0.25) is 5.02 Å². The van der Waals surface area contributed by atoms with E-state index in [1.54, 1.807) is 31.2 Å². The van der Waals surface area contributed by atoms with Crippen molar-refractivity contribution < 1.29 is 18.7 Å². The minimum Gasteiger partial charge on any atom is -0.482 e. The molecule has 0 aliphatic rings. The SMILES string of the molecule is Cc1oc(-c2ccccc2)nc1COC(=O)COc1cccc(Cl)c1. The number of benzene rings is 2. The molecule has 0 unspecified atom stereocenters. The number of oxazole rings is 1. The number of aromatic nitrogens is 1. The third-order valence-electron chi connectivity index (χ3n) is 3.44. The van der Waals surface area contributed by atoms with Crippen LogP contribution in [0.4, 0.5) is 0 Å². The van der Waals surface area contributed by atoms with Gasteiger partial charge in [-0.15, -0.1) is 0 Å². The average molecular weight is 358 g/mol. The first-order valence-corrected chi connectivity index (χ1v) is 8.05. The molecule has 6 heteroatoms. The number of aryl methyl sites for hydroxylation is 1. The molecule has 2 aromatic carbocycles. The Morgan fingerprint density at radius 2 is 1.96 bits per heavy atom. The molecule has 0 saturated heterocycles. The molecule has 0 radical (unpaired) electrons.